The van der Waals surface area contributed by atoms with Crippen LogP contribution in [0.2, 0.25) is 0 Å². The predicted molar refractivity (Wildman–Crippen MR) is 116 cm³/mol. The number of fused-ring (bicyclic) bond motifs is 1. The maximum absolute atomic E-state index is 13.1. The molecule has 3 heterocycles. The highest BCUT2D eigenvalue weighted by Crippen LogP contribution is 2.13. The van der Waals surface area contributed by atoms with Crippen LogP contribution in [0.4, 0.5) is 0 Å². The van der Waals surface area contributed by atoms with Crippen molar-refractivity contribution < 1.29 is 18.0 Å². The fourth-order valence-corrected chi connectivity index (χ4v) is 5.39. The summed E-state index contributed by atoms with van der Waals surface area (Å²) in [5, 5.41) is 0. The van der Waals surface area contributed by atoms with Crippen molar-refractivity contribution in [1.29, 1.82) is 0 Å². The first-order valence-corrected chi connectivity index (χ1v) is 12.1. The van der Waals surface area contributed by atoms with Crippen LogP contribution in [0.5, 0.6) is 0 Å². The molecule has 176 valence electrons. The Morgan fingerprint density at radius 3 is 2.53 bits per heavy atom. The molecule has 12 nitrogen and oxygen atoms in total. The molecule has 0 unspecified atom stereocenters. The van der Waals surface area contributed by atoms with Crippen molar-refractivity contribution in [1.82, 2.24) is 27.9 Å². The van der Waals surface area contributed by atoms with E-state index < -0.39 is 33.7 Å². The van der Waals surface area contributed by atoms with Crippen LogP contribution in [0, 0.1) is 0 Å². The lowest BCUT2D eigenvalue weighted by molar-refractivity contribution is -0.127. The quantitative estimate of drug-likeness (QED) is 0.461. The van der Waals surface area contributed by atoms with Crippen molar-refractivity contribution in [3.8, 4) is 0 Å². The minimum absolute atomic E-state index is 0.0330. The second-order valence-electron chi connectivity index (χ2n) is 7.87. The van der Waals surface area contributed by atoms with E-state index in [2.05, 4.69) is 4.98 Å². The first kappa shape index (κ1) is 23.7. The number of aryl methyl sites for hydroxylation is 1. The number of amides is 2. The van der Waals surface area contributed by atoms with E-state index in [1.807, 2.05) is 0 Å². The lowest BCUT2D eigenvalue weighted by Gasteiger charge is -2.24. The third-order valence-electron chi connectivity index (χ3n) is 5.56. The lowest BCUT2D eigenvalue weighted by Crippen LogP contribution is -2.42. The largest absolute Gasteiger partial charge is 0.343 e. The van der Waals surface area contributed by atoms with E-state index in [9.17, 15) is 27.6 Å². The summed E-state index contributed by atoms with van der Waals surface area (Å²) in [6, 6.07) is 0. The number of nitrogens with zero attached hydrogens (tertiary/aromatic N) is 6. The molecule has 2 amide bonds. The number of likely N-dealkylation sites (tertiary alicyclic amines) is 1. The number of imidazole rings is 1. The van der Waals surface area contributed by atoms with Gasteiger partial charge in [0, 0.05) is 40.2 Å². The van der Waals surface area contributed by atoms with E-state index in [0.29, 0.717) is 32.4 Å². The van der Waals surface area contributed by atoms with Crippen molar-refractivity contribution in [2.24, 2.45) is 14.1 Å². The minimum atomic E-state index is -3.86. The number of rotatable bonds is 9. The molecule has 1 aliphatic heterocycles. The van der Waals surface area contributed by atoms with Crippen LogP contribution < -0.4 is 11.2 Å². The second-order valence-corrected chi connectivity index (χ2v) is 9.88. The van der Waals surface area contributed by atoms with E-state index in [0.717, 1.165) is 15.3 Å². The summed E-state index contributed by atoms with van der Waals surface area (Å²) in [4.78, 5) is 55.3. The van der Waals surface area contributed by atoms with Crippen molar-refractivity contribution >= 4 is 33.0 Å². The van der Waals surface area contributed by atoms with Crippen molar-refractivity contribution in [2.75, 3.05) is 25.4 Å². The molecular formula is C19H28N6O6S. The van der Waals surface area contributed by atoms with Crippen LogP contribution in [0.3, 0.4) is 0 Å². The molecule has 0 N–H and O–H groups in total. The summed E-state index contributed by atoms with van der Waals surface area (Å²) < 4.78 is 29.7. The number of carbonyl (C=O) groups excluding carboxylic acids is 2. The number of hydrogen-bond acceptors (Lipinski definition) is 7. The molecule has 1 saturated heterocycles. The molecule has 2 aromatic heterocycles. The normalized spacial score (nSPS) is 14.5. The first-order valence-electron chi connectivity index (χ1n) is 10.5. The Balaban J connectivity index is 1.86. The van der Waals surface area contributed by atoms with E-state index >= 15 is 0 Å². The van der Waals surface area contributed by atoms with Crippen LogP contribution in [0.25, 0.3) is 11.2 Å². The number of sulfonamides is 1. The van der Waals surface area contributed by atoms with Gasteiger partial charge in [0.25, 0.3) is 11.5 Å². The fourth-order valence-electron chi connectivity index (χ4n) is 3.87. The standard InChI is InChI=1S/C19H28N6O6S/c1-4-11-32(30,31)25(10-6-9-23-8-5-7-14(23)26)15(27)12-24-13-20-17-16(24)18(28)22(3)19(29)21(17)2/h13H,4-12H2,1-3H3. The molecule has 0 radical (unpaired) electrons. The van der Waals surface area contributed by atoms with Crippen molar-refractivity contribution in [3.05, 3.63) is 27.2 Å². The van der Waals surface area contributed by atoms with E-state index in [1.165, 1.54) is 29.6 Å². The van der Waals surface area contributed by atoms with Gasteiger partial charge in [-0.15, -0.1) is 0 Å². The SMILES string of the molecule is CCCS(=O)(=O)N(CCCN1CCCC1=O)C(=O)Cn1cnc2c1c(=O)n(C)c(=O)n2C. The molecule has 0 spiro atoms. The van der Waals surface area contributed by atoms with Gasteiger partial charge in [-0.05, 0) is 19.3 Å². The summed E-state index contributed by atoms with van der Waals surface area (Å²) in [5.74, 6) is -0.866. The molecule has 1 aliphatic rings. The third kappa shape index (κ3) is 4.47. The van der Waals surface area contributed by atoms with E-state index in [-0.39, 0.29) is 29.4 Å². The average molecular weight is 469 g/mol. The maximum Gasteiger partial charge on any atom is 0.332 e. The van der Waals surface area contributed by atoms with Crippen LogP contribution in [0.1, 0.15) is 32.6 Å². The average Bonchev–Trinajstić information content (AvgIpc) is 3.34. The first-order chi connectivity index (χ1) is 15.1. The Kier molecular flexibility index (Phi) is 6.86. The van der Waals surface area contributed by atoms with Gasteiger partial charge >= 0.3 is 5.69 Å². The Morgan fingerprint density at radius 2 is 1.91 bits per heavy atom. The molecule has 3 rings (SSSR count). The Morgan fingerprint density at radius 1 is 1.19 bits per heavy atom. The van der Waals surface area contributed by atoms with Gasteiger partial charge in [-0.1, -0.05) is 6.92 Å². The van der Waals surface area contributed by atoms with Crippen LogP contribution in [0.15, 0.2) is 15.9 Å². The summed E-state index contributed by atoms with van der Waals surface area (Å²) in [5.41, 5.74) is -1.02. The molecule has 0 aromatic carbocycles. The monoisotopic (exact) mass is 468 g/mol. The van der Waals surface area contributed by atoms with E-state index in [1.54, 1.807) is 11.8 Å². The maximum atomic E-state index is 13.1. The van der Waals surface area contributed by atoms with Gasteiger partial charge in [-0.3, -0.25) is 23.5 Å². The molecule has 0 atom stereocenters. The molecule has 0 bridgehead atoms. The number of hydrogen-bond donors (Lipinski definition) is 0. The van der Waals surface area contributed by atoms with Gasteiger partial charge in [-0.25, -0.2) is 22.5 Å². The summed E-state index contributed by atoms with van der Waals surface area (Å²) >= 11 is 0. The van der Waals surface area contributed by atoms with Gasteiger partial charge in [0.2, 0.25) is 15.9 Å². The molecular weight excluding hydrogens is 440 g/mol. The molecule has 2 aromatic rings. The van der Waals surface area contributed by atoms with Crippen LogP contribution in [-0.2, 0) is 40.3 Å². The van der Waals surface area contributed by atoms with Crippen molar-refractivity contribution in [2.45, 2.75) is 39.2 Å². The van der Waals surface area contributed by atoms with Crippen LogP contribution >= 0.6 is 0 Å². The molecule has 32 heavy (non-hydrogen) atoms. The molecule has 0 aliphatic carbocycles. The Hall–Kier alpha value is -2.96. The summed E-state index contributed by atoms with van der Waals surface area (Å²) in [7, 11) is -1.08. The number of aromatic nitrogens is 4. The zero-order chi connectivity index (χ0) is 23.6. The predicted octanol–water partition coefficient (Wildman–Crippen LogP) is -0.985. The molecule has 13 heteroatoms. The van der Waals surface area contributed by atoms with E-state index in [4.69, 9.17) is 0 Å². The topological polar surface area (TPSA) is 137 Å². The number of carbonyl (C=O) groups is 2. The molecule has 0 saturated carbocycles. The summed E-state index contributed by atoms with van der Waals surface area (Å²) in [6.07, 6.45) is 3.17. The highest BCUT2D eigenvalue weighted by Gasteiger charge is 2.28. The van der Waals surface area contributed by atoms with Gasteiger partial charge in [0.05, 0.1) is 12.1 Å². The Bertz CT molecular complexity index is 1260. The van der Waals surface area contributed by atoms with Crippen molar-refractivity contribution in [3.63, 3.8) is 0 Å². The Labute approximate surface area is 185 Å². The fraction of sp³-hybridized carbons (Fsp3) is 0.632. The van der Waals surface area contributed by atoms with Gasteiger partial charge in [0.15, 0.2) is 11.2 Å². The minimum Gasteiger partial charge on any atom is -0.343 e. The van der Waals surface area contributed by atoms with Gasteiger partial charge in [0.1, 0.15) is 6.54 Å². The third-order valence-corrected chi connectivity index (χ3v) is 7.54. The zero-order valence-corrected chi connectivity index (χ0v) is 19.3. The van der Waals surface area contributed by atoms with Crippen LogP contribution in [-0.4, -0.2) is 73.5 Å². The highest BCUT2D eigenvalue weighted by atomic mass is 32.2. The second kappa shape index (κ2) is 9.27. The highest BCUT2D eigenvalue weighted by molar-refractivity contribution is 7.89. The van der Waals surface area contributed by atoms with Gasteiger partial charge < -0.3 is 9.47 Å². The molecule has 1 fully saturated rings. The summed E-state index contributed by atoms with van der Waals surface area (Å²) in [6.45, 7) is 2.23. The van der Waals surface area contributed by atoms with Gasteiger partial charge in [-0.2, -0.15) is 0 Å². The zero-order valence-electron chi connectivity index (χ0n) is 18.5. The smallest absolute Gasteiger partial charge is 0.332 e. The lowest BCUT2D eigenvalue weighted by atomic mass is 10.3.